The molecule has 4 heteroatoms. The number of aliphatic hydroxyl groups is 1. The highest BCUT2D eigenvalue weighted by Gasteiger charge is 2.32. The number of nitrogens with one attached hydrogen (secondary N) is 1. The first kappa shape index (κ1) is 10.5. The van der Waals surface area contributed by atoms with E-state index in [0.29, 0.717) is 12.0 Å². The van der Waals surface area contributed by atoms with Gasteiger partial charge in [0.25, 0.3) is 5.91 Å². The van der Waals surface area contributed by atoms with E-state index in [1.807, 2.05) is 0 Å². The maximum absolute atomic E-state index is 11.1. The Bertz CT molecular complexity index is 280. The number of hydrogen-bond donors (Lipinski definition) is 2. The summed E-state index contributed by atoms with van der Waals surface area (Å²) >= 11 is 0. The number of aliphatic hydroxyl groups excluding tert-OH is 1. The van der Waals surface area contributed by atoms with Gasteiger partial charge in [-0.15, -0.1) is 0 Å². The van der Waals surface area contributed by atoms with Crippen LogP contribution in [0.2, 0.25) is 0 Å². The van der Waals surface area contributed by atoms with Crippen LogP contribution in [0.3, 0.4) is 0 Å². The highest BCUT2D eigenvalue weighted by molar-refractivity contribution is 5.93. The Labute approximate surface area is 89.3 Å². The Morgan fingerprint density at radius 2 is 2.07 bits per heavy atom. The molecule has 0 radical (unpaired) electrons. The number of amides is 1. The molecule has 2 N–H and O–H groups in total. The third kappa shape index (κ3) is 2.15. The van der Waals surface area contributed by atoms with E-state index >= 15 is 0 Å². The average molecular weight is 211 g/mol. The van der Waals surface area contributed by atoms with Gasteiger partial charge in [-0.05, 0) is 37.7 Å². The minimum absolute atomic E-state index is 0.0234. The molecule has 1 heterocycles. The number of rotatable bonds is 2. The van der Waals surface area contributed by atoms with Crippen molar-refractivity contribution in [2.45, 2.75) is 37.8 Å². The molecule has 0 spiro atoms. The van der Waals surface area contributed by atoms with Gasteiger partial charge in [-0.1, -0.05) is 0 Å². The van der Waals surface area contributed by atoms with E-state index in [-0.39, 0.29) is 17.7 Å². The second-order valence-electron chi connectivity index (χ2n) is 4.32. The topological polar surface area (TPSA) is 58.6 Å². The summed E-state index contributed by atoms with van der Waals surface area (Å²) in [4.78, 5) is 11.1. The molecule has 1 unspecified atom stereocenters. The molecule has 1 amide bonds. The second-order valence-corrected chi connectivity index (χ2v) is 4.32. The molecule has 84 valence electrons. The first-order chi connectivity index (χ1) is 7.20. The van der Waals surface area contributed by atoms with Crippen LogP contribution in [0.5, 0.6) is 0 Å². The van der Waals surface area contributed by atoms with Crippen LogP contribution in [-0.4, -0.2) is 30.3 Å². The van der Waals surface area contributed by atoms with Crippen molar-refractivity contribution in [3.05, 3.63) is 11.8 Å². The van der Waals surface area contributed by atoms with Gasteiger partial charge in [0.1, 0.15) is 0 Å². The van der Waals surface area contributed by atoms with Crippen molar-refractivity contribution in [3.8, 4) is 0 Å². The van der Waals surface area contributed by atoms with Crippen LogP contribution < -0.4 is 5.32 Å². The summed E-state index contributed by atoms with van der Waals surface area (Å²) in [5, 5.41) is 12.0. The van der Waals surface area contributed by atoms with Crippen LogP contribution in [0.1, 0.15) is 25.7 Å². The normalized spacial score (nSPS) is 36.2. The molecular formula is C11H17NO3. The molecule has 2 aliphatic rings. The first-order valence-electron chi connectivity index (χ1n) is 5.45. The lowest BCUT2D eigenvalue weighted by atomic mass is 9.83. The Balaban J connectivity index is 1.89. The average Bonchev–Trinajstić information content (AvgIpc) is 2.59. The Morgan fingerprint density at radius 3 is 2.53 bits per heavy atom. The van der Waals surface area contributed by atoms with E-state index in [4.69, 9.17) is 4.74 Å². The lowest BCUT2D eigenvalue weighted by molar-refractivity contribution is -0.119. The van der Waals surface area contributed by atoms with E-state index in [0.717, 1.165) is 25.7 Å². The zero-order valence-electron chi connectivity index (χ0n) is 8.90. The van der Waals surface area contributed by atoms with Crippen molar-refractivity contribution in [2.24, 2.45) is 5.92 Å². The largest absolute Gasteiger partial charge is 0.503 e. The van der Waals surface area contributed by atoms with Crippen LogP contribution in [0.4, 0.5) is 0 Å². The van der Waals surface area contributed by atoms with Gasteiger partial charge in [-0.25, -0.2) is 0 Å². The summed E-state index contributed by atoms with van der Waals surface area (Å²) in [5.41, 5.74) is 0. The fourth-order valence-corrected chi connectivity index (χ4v) is 2.45. The van der Waals surface area contributed by atoms with Gasteiger partial charge in [0.2, 0.25) is 0 Å². The predicted octanol–water partition coefficient (Wildman–Crippen LogP) is 1.13. The smallest absolute Gasteiger partial charge is 0.286 e. The molecule has 1 aliphatic carbocycles. The van der Waals surface area contributed by atoms with Crippen LogP contribution in [0, 0.1) is 5.92 Å². The van der Waals surface area contributed by atoms with E-state index in [9.17, 15) is 9.90 Å². The molecule has 4 nitrogen and oxygen atoms in total. The molecule has 1 fully saturated rings. The SMILES string of the molecule is COC1CCC(C2C=C(O)C(=O)N2)CC1. The molecular weight excluding hydrogens is 194 g/mol. The fraction of sp³-hybridized carbons (Fsp3) is 0.727. The maximum atomic E-state index is 11.1. The summed E-state index contributed by atoms with van der Waals surface area (Å²) in [5.74, 6) is -0.0206. The predicted molar refractivity (Wildman–Crippen MR) is 55.4 cm³/mol. The minimum atomic E-state index is -0.339. The highest BCUT2D eigenvalue weighted by atomic mass is 16.5. The third-order valence-electron chi connectivity index (χ3n) is 3.43. The lowest BCUT2D eigenvalue weighted by Crippen LogP contribution is -2.36. The molecule has 0 bridgehead atoms. The van der Waals surface area contributed by atoms with E-state index in [1.54, 1.807) is 13.2 Å². The van der Waals surface area contributed by atoms with Gasteiger partial charge in [-0.3, -0.25) is 4.79 Å². The number of methoxy groups -OCH3 is 1. The zero-order valence-corrected chi connectivity index (χ0v) is 8.90. The summed E-state index contributed by atoms with van der Waals surface area (Å²) in [7, 11) is 1.74. The molecule has 1 saturated carbocycles. The van der Waals surface area contributed by atoms with Crippen LogP contribution in [0.25, 0.3) is 0 Å². The number of carbonyl (C=O) groups excluding carboxylic acids is 1. The van der Waals surface area contributed by atoms with Gasteiger partial charge in [0.05, 0.1) is 12.1 Å². The van der Waals surface area contributed by atoms with Crippen molar-refractivity contribution in [1.29, 1.82) is 0 Å². The summed E-state index contributed by atoms with van der Waals surface area (Å²) in [6.07, 6.45) is 6.20. The van der Waals surface area contributed by atoms with E-state index in [1.165, 1.54) is 0 Å². The summed E-state index contributed by atoms with van der Waals surface area (Å²) in [6.45, 7) is 0. The highest BCUT2D eigenvalue weighted by Crippen LogP contribution is 2.30. The van der Waals surface area contributed by atoms with Crippen LogP contribution in [0.15, 0.2) is 11.8 Å². The van der Waals surface area contributed by atoms with Gasteiger partial charge >= 0.3 is 0 Å². The molecule has 1 atom stereocenters. The van der Waals surface area contributed by atoms with E-state index in [2.05, 4.69) is 5.32 Å². The van der Waals surface area contributed by atoms with Crippen molar-refractivity contribution in [3.63, 3.8) is 0 Å². The summed E-state index contributed by atoms with van der Waals surface area (Å²) in [6, 6.07) is 0.0234. The van der Waals surface area contributed by atoms with Gasteiger partial charge in [0.15, 0.2) is 5.76 Å². The first-order valence-corrected chi connectivity index (χ1v) is 5.45. The second kappa shape index (κ2) is 4.23. The van der Waals surface area contributed by atoms with Gasteiger partial charge in [0, 0.05) is 7.11 Å². The molecule has 1 aliphatic heterocycles. The fourth-order valence-electron chi connectivity index (χ4n) is 2.45. The molecule has 0 saturated heterocycles. The lowest BCUT2D eigenvalue weighted by Gasteiger charge is -2.30. The maximum Gasteiger partial charge on any atom is 0.286 e. The number of carbonyl (C=O) groups is 1. The third-order valence-corrected chi connectivity index (χ3v) is 3.43. The molecule has 0 aromatic heterocycles. The minimum Gasteiger partial charge on any atom is -0.503 e. The molecule has 0 aromatic rings. The Hall–Kier alpha value is -1.03. The Kier molecular flexibility index (Phi) is 2.95. The number of ether oxygens (including phenoxy) is 1. The molecule has 2 rings (SSSR count). The van der Waals surface area contributed by atoms with Crippen molar-refractivity contribution in [2.75, 3.05) is 7.11 Å². The van der Waals surface area contributed by atoms with Gasteiger partial charge < -0.3 is 15.2 Å². The van der Waals surface area contributed by atoms with Crippen LogP contribution >= 0.6 is 0 Å². The Morgan fingerprint density at radius 1 is 1.40 bits per heavy atom. The molecule has 0 aromatic carbocycles. The summed E-state index contributed by atoms with van der Waals surface area (Å²) < 4.78 is 5.29. The van der Waals surface area contributed by atoms with Crippen molar-refractivity contribution >= 4 is 5.91 Å². The van der Waals surface area contributed by atoms with Crippen molar-refractivity contribution < 1.29 is 14.6 Å². The monoisotopic (exact) mass is 211 g/mol. The van der Waals surface area contributed by atoms with E-state index < -0.39 is 0 Å². The van der Waals surface area contributed by atoms with Gasteiger partial charge in [-0.2, -0.15) is 0 Å². The van der Waals surface area contributed by atoms with Crippen molar-refractivity contribution in [1.82, 2.24) is 5.32 Å². The zero-order chi connectivity index (χ0) is 10.8. The molecule has 15 heavy (non-hydrogen) atoms. The standard InChI is InChI=1S/C11H17NO3/c1-15-8-4-2-7(3-5-8)9-6-10(13)11(14)12-9/h6-9,13H,2-5H2,1H3,(H,12,14). The quantitative estimate of drug-likeness (QED) is 0.720. The van der Waals surface area contributed by atoms with Crippen LogP contribution in [-0.2, 0) is 9.53 Å². The number of hydrogen-bond acceptors (Lipinski definition) is 3.